The second-order valence-electron chi connectivity index (χ2n) is 6.09. The highest BCUT2D eigenvalue weighted by atomic mass is 16.1. The van der Waals surface area contributed by atoms with E-state index in [1.165, 1.54) is 18.4 Å². The first-order valence-electron chi connectivity index (χ1n) is 7.19. The summed E-state index contributed by atoms with van der Waals surface area (Å²) in [5.74, 6) is 2.22. The minimum Gasteiger partial charge on any atom is -0.294 e. The lowest BCUT2D eigenvalue weighted by Gasteiger charge is -2.30. The molecule has 0 radical (unpaired) electrons. The highest BCUT2D eigenvalue weighted by molar-refractivity contribution is 5.97. The molecular weight excluding hydrogens is 220 g/mol. The number of ketones is 1. The monoisotopic (exact) mass is 244 g/mol. The van der Waals surface area contributed by atoms with Crippen molar-refractivity contribution in [2.75, 3.05) is 0 Å². The van der Waals surface area contributed by atoms with Crippen LogP contribution in [0.2, 0.25) is 0 Å². The first-order valence-corrected chi connectivity index (χ1v) is 7.19. The highest BCUT2D eigenvalue weighted by Crippen LogP contribution is 2.34. The van der Waals surface area contributed by atoms with Gasteiger partial charge >= 0.3 is 0 Å². The largest absolute Gasteiger partial charge is 0.294 e. The van der Waals surface area contributed by atoms with Gasteiger partial charge in [0, 0.05) is 11.5 Å². The Morgan fingerprint density at radius 2 is 1.61 bits per heavy atom. The molecule has 0 bridgehead atoms. The topological polar surface area (TPSA) is 17.1 Å². The number of carbonyl (C=O) groups excluding carboxylic acids is 1. The summed E-state index contributed by atoms with van der Waals surface area (Å²) in [6.45, 7) is 6.65. The van der Waals surface area contributed by atoms with Gasteiger partial charge in [-0.05, 0) is 44.4 Å². The van der Waals surface area contributed by atoms with E-state index in [1.54, 1.807) is 0 Å². The summed E-state index contributed by atoms with van der Waals surface area (Å²) in [4.78, 5) is 12.4. The van der Waals surface area contributed by atoms with Gasteiger partial charge in [-0.1, -0.05) is 43.7 Å². The number of hydrogen-bond donors (Lipinski definition) is 0. The van der Waals surface area contributed by atoms with Crippen molar-refractivity contribution in [1.29, 1.82) is 0 Å². The second-order valence-corrected chi connectivity index (χ2v) is 6.09. The first-order chi connectivity index (χ1) is 8.58. The fourth-order valence-electron chi connectivity index (χ4n) is 3.00. The summed E-state index contributed by atoms with van der Waals surface area (Å²) >= 11 is 0. The van der Waals surface area contributed by atoms with Crippen molar-refractivity contribution in [3.8, 4) is 0 Å². The Labute approximate surface area is 111 Å². The van der Waals surface area contributed by atoms with Crippen molar-refractivity contribution in [3.05, 3.63) is 35.4 Å². The van der Waals surface area contributed by atoms with Crippen molar-refractivity contribution in [3.63, 3.8) is 0 Å². The van der Waals surface area contributed by atoms with Crippen LogP contribution < -0.4 is 0 Å². The fraction of sp³-hybridized carbons (Fsp3) is 0.588. The molecule has 0 unspecified atom stereocenters. The van der Waals surface area contributed by atoms with Gasteiger partial charge in [0.05, 0.1) is 0 Å². The van der Waals surface area contributed by atoms with Crippen LogP contribution in [0.25, 0.3) is 0 Å². The third-order valence-electron chi connectivity index (χ3n) is 4.42. The molecule has 1 heteroatoms. The van der Waals surface area contributed by atoms with Gasteiger partial charge in [0.25, 0.3) is 0 Å². The van der Waals surface area contributed by atoms with Gasteiger partial charge in [-0.3, -0.25) is 4.79 Å². The van der Waals surface area contributed by atoms with E-state index in [9.17, 15) is 4.79 Å². The third kappa shape index (κ3) is 3.01. The predicted octanol–water partition coefficient (Wildman–Crippen LogP) is 4.64. The number of aryl methyl sites for hydroxylation is 1. The molecular formula is C17H24O. The molecule has 98 valence electrons. The van der Waals surface area contributed by atoms with Crippen LogP contribution in [0.15, 0.2) is 24.3 Å². The summed E-state index contributed by atoms with van der Waals surface area (Å²) < 4.78 is 0. The van der Waals surface area contributed by atoms with E-state index in [1.807, 2.05) is 24.3 Å². The zero-order valence-corrected chi connectivity index (χ0v) is 11.8. The second kappa shape index (κ2) is 5.69. The van der Waals surface area contributed by atoms with E-state index in [0.29, 0.717) is 5.78 Å². The third-order valence-corrected chi connectivity index (χ3v) is 4.42. The molecule has 0 saturated heterocycles. The van der Waals surface area contributed by atoms with Crippen molar-refractivity contribution < 1.29 is 4.79 Å². The minimum atomic E-state index is 0.266. The molecule has 1 saturated carbocycles. The number of Topliss-reactive ketones (excluding diaryl/α,β-unsaturated/α-hetero) is 1. The van der Waals surface area contributed by atoms with Crippen LogP contribution in [-0.4, -0.2) is 5.78 Å². The van der Waals surface area contributed by atoms with E-state index in [-0.39, 0.29) is 5.92 Å². The lowest BCUT2D eigenvalue weighted by Crippen LogP contribution is -2.24. The van der Waals surface area contributed by atoms with Crippen molar-refractivity contribution in [2.24, 2.45) is 17.8 Å². The zero-order chi connectivity index (χ0) is 13.1. The smallest absolute Gasteiger partial charge is 0.165 e. The molecule has 1 aliphatic carbocycles. The molecule has 1 nitrogen and oxygen atoms in total. The maximum absolute atomic E-state index is 12.4. The number of hydrogen-bond acceptors (Lipinski definition) is 1. The molecule has 0 heterocycles. The molecule has 1 aromatic rings. The van der Waals surface area contributed by atoms with Gasteiger partial charge in [0.2, 0.25) is 0 Å². The van der Waals surface area contributed by atoms with Gasteiger partial charge < -0.3 is 0 Å². The van der Waals surface area contributed by atoms with Crippen molar-refractivity contribution >= 4 is 5.78 Å². The van der Waals surface area contributed by atoms with Gasteiger partial charge in [0.15, 0.2) is 5.78 Å². The van der Waals surface area contributed by atoms with Gasteiger partial charge in [0.1, 0.15) is 0 Å². The van der Waals surface area contributed by atoms with E-state index < -0.39 is 0 Å². The Hall–Kier alpha value is -1.11. The SMILES string of the molecule is Cc1ccc(C(=O)C2CCC(C(C)C)CC2)cc1. The molecule has 18 heavy (non-hydrogen) atoms. The summed E-state index contributed by atoms with van der Waals surface area (Å²) in [5, 5.41) is 0. The average Bonchev–Trinajstić information content (AvgIpc) is 2.39. The molecule has 1 fully saturated rings. The molecule has 0 spiro atoms. The molecule has 0 atom stereocenters. The zero-order valence-electron chi connectivity index (χ0n) is 11.8. The maximum atomic E-state index is 12.4. The summed E-state index contributed by atoms with van der Waals surface area (Å²) in [6, 6.07) is 8.03. The summed E-state index contributed by atoms with van der Waals surface area (Å²) in [6.07, 6.45) is 4.60. The summed E-state index contributed by atoms with van der Waals surface area (Å²) in [7, 11) is 0. The average molecular weight is 244 g/mol. The molecule has 1 aliphatic rings. The number of carbonyl (C=O) groups is 1. The van der Waals surface area contributed by atoms with Crippen molar-refractivity contribution in [1.82, 2.24) is 0 Å². The number of benzene rings is 1. The molecule has 0 aromatic heterocycles. The predicted molar refractivity (Wildman–Crippen MR) is 75.8 cm³/mol. The van der Waals surface area contributed by atoms with E-state index in [2.05, 4.69) is 20.8 Å². The molecule has 0 N–H and O–H groups in total. The van der Waals surface area contributed by atoms with E-state index in [4.69, 9.17) is 0 Å². The van der Waals surface area contributed by atoms with Gasteiger partial charge in [-0.2, -0.15) is 0 Å². The van der Waals surface area contributed by atoms with Crippen LogP contribution in [0.1, 0.15) is 55.5 Å². The van der Waals surface area contributed by atoms with Gasteiger partial charge in [-0.25, -0.2) is 0 Å². The van der Waals surface area contributed by atoms with Crippen LogP contribution in [0.4, 0.5) is 0 Å². The number of rotatable bonds is 3. The Morgan fingerprint density at radius 1 is 1.06 bits per heavy atom. The molecule has 0 aliphatic heterocycles. The Bertz CT molecular complexity index is 394. The van der Waals surface area contributed by atoms with Crippen LogP contribution in [0, 0.1) is 24.7 Å². The van der Waals surface area contributed by atoms with Crippen LogP contribution >= 0.6 is 0 Å². The van der Waals surface area contributed by atoms with Crippen LogP contribution in [0.3, 0.4) is 0 Å². The standard InChI is InChI=1S/C17H24O/c1-12(2)14-8-10-16(11-9-14)17(18)15-6-4-13(3)5-7-15/h4-7,12,14,16H,8-11H2,1-3H3. The fourth-order valence-corrected chi connectivity index (χ4v) is 3.00. The lowest BCUT2D eigenvalue weighted by molar-refractivity contribution is 0.0859. The summed E-state index contributed by atoms with van der Waals surface area (Å²) in [5.41, 5.74) is 2.11. The van der Waals surface area contributed by atoms with Crippen LogP contribution in [-0.2, 0) is 0 Å². The van der Waals surface area contributed by atoms with Crippen molar-refractivity contribution in [2.45, 2.75) is 46.5 Å². The molecule has 1 aromatic carbocycles. The first kappa shape index (κ1) is 13.3. The maximum Gasteiger partial charge on any atom is 0.165 e. The normalized spacial score (nSPS) is 24.2. The van der Waals surface area contributed by atoms with E-state index in [0.717, 1.165) is 30.2 Å². The Kier molecular flexibility index (Phi) is 4.21. The Balaban J connectivity index is 1.97. The van der Waals surface area contributed by atoms with E-state index >= 15 is 0 Å². The lowest BCUT2D eigenvalue weighted by atomic mass is 9.75. The quantitative estimate of drug-likeness (QED) is 0.708. The Morgan fingerprint density at radius 3 is 2.11 bits per heavy atom. The highest BCUT2D eigenvalue weighted by Gasteiger charge is 2.27. The molecule has 2 rings (SSSR count). The minimum absolute atomic E-state index is 0.266. The molecule has 0 amide bonds. The van der Waals surface area contributed by atoms with Gasteiger partial charge in [-0.15, -0.1) is 0 Å². The van der Waals surface area contributed by atoms with Crippen LogP contribution in [0.5, 0.6) is 0 Å².